The van der Waals surface area contributed by atoms with Gasteiger partial charge in [0, 0.05) is 19.2 Å². The van der Waals surface area contributed by atoms with Gasteiger partial charge >= 0.3 is 0 Å². The number of halogens is 1. The lowest BCUT2D eigenvalue weighted by Crippen LogP contribution is -2.30. The molecular weight excluding hydrogens is 331 g/mol. The van der Waals surface area contributed by atoms with Gasteiger partial charge in [-0.05, 0) is 47.7 Å². The van der Waals surface area contributed by atoms with Gasteiger partial charge < -0.3 is 10.0 Å². The van der Waals surface area contributed by atoms with E-state index >= 15 is 0 Å². The Labute approximate surface area is 114 Å². The van der Waals surface area contributed by atoms with Crippen molar-refractivity contribution in [3.05, 3.63) is 27.3 Å². The fourth-order valence-corrected chi connectivity index (χ4v) is 1.74. The van der Waals surface area contributed by atoms with Crippen LogP contribution in [0.25, 0.3) is 0 Å². The summed E-state index contributed by atoms with van der Waals surface area (Å²) in [6.07, 6.45) is 0. The first-order chi connectivity index (χ1) is 7.95. The smallest absolute Gasteiger partial charge is 0.253 e. The van der Waals surface area contributed by atoms with Crippen LogP contribution in [0.5, 0.6) is 5.75 Å². The van der Waals surface area contributed by atoms with Crippen LogP contribution in [-0.2, 0) is 0 Å². The van der Waals surface area contributed by atoms with Gasteiger partial charge in [0.2, 0.25) is 0 Å². The Kier molecular flexibility index (Phi) is 4.75. The maximum atomic E-state index is 12.0. The zero-order valence-electron chi connectivity index (χ0n) is 9.64. The Morgan fingerprint density at radius 3 is 2.82 bits per heavy atom. The fraction of sp³-hybridized carbons (Fsp3) is 0.333. The number of phenolic OH excluding ortho intramolecular Hbond substituents is 1. The first-order valence-corrected chi connectivity index (χ1v) is 6.17. The third-order valence-corrected chi connectivity index (χ3v) is 3.22. The molecule has 0 spiro atoms. The average Bonchev–Trinajstić information content (AvgIpc) is 2.31. The minimum absolute atomic E-state index is 0.0955. The first-order valence-electron chi connectivity index (χ1n) is 5.09. The number of rotatable bonds is 3. The standard InChI is InChI=1S/C12H13IN2O2/c1-8(6-14)7-15(2)12(17)9-3-4-10(13)11(16)5-9/h3-5,8,16H,7H2,1-2H3. The van der Waals surface area contributed by atoms with Gasteiger partial charge in [0.05, 0.1) is 15.6 Å². The normalized spacial score (nSPS) is 11.6. The second kappa shape index (κ2) is 5.87. The van der Waals surface area contributed by atoms with E-state index in [-0.39, 0.29) is 17.6 Å². The number of hydrogen-bond donors (Lipinski definition) is 1. The molecule has 0 bridgehead atoms. The molecule has 0 saturated carbocycles. The summed E-state index contributed by atoms with van der Waals surface area (Å²) in [4.78, 5) is 13.4. The van der Waals surface area contributed by atoms with Gasteiger partial charge in [-0.1, -0.05) is 0 Å². The molecule has 0 aliphatic rings. The molecule has 17 heavy (non-hydrogen) atoms. The second-order valence-corrected chi connectivity index (χ2v) is 5.04. The van der Waals surface area contributed by atoms with E-state index in [0.717, 1.165) is 0 Å². The lowest BCUT2D eigenvalue weighted by Gasteiger charge is -2.18. The minimum Gasteiger partial charge on any atom is -0.507 e. The molecule has 5 heteroatoms. The van der Waals surface area contributed by atoms with Crippen molar-refractivity contribution in [2.24, 2.45) is 5.92 Å². The number of hydrogen-bond acceptors (Lipinski definition) is 3. The van der Waals surface area contributed by atoms with Crippen molar-refractivity contribution in [1.82, 2.24) is 4.90 Å². The lowest BCUT2D eigenvalue weighted by atomic mass is 10.1. The van der Waals surface area contributed by atoms with E-state index in [1.807, 2.05) is 22.6 Å². The molecule has 0 aliphatic heterocycles. The van der Waals surface area contributed by atoms with Crippen molar-refractivity contribution in [2.45, 2.75) is 6.92 Å². The molecule has 90 valence electrons. The summed E-state index contributed by atoms with van der Waals surface area (Å²) in [6, 6.07) is 6.87. The lowest BCUT2D eigenvalue weighted by molar-refractivity contribution is 0.0784. The first kappa shape index (κ1) is 13.8. The third-order valence-electron chi connectivity index (χ3n) is 2.31. The number of carbonyl (C=O) groups excluding carboxylic acids is 1. The summed E-state index contributed by atoms with van der Waals surface area (Å²) in [7, 11) is 1.64. The van der Waals surface area contributed by atoms with Crippen molar-refractivity contribution < 1.29 is 9.90 Å². The molecule has 0 fully saturated rings. The molecule has 1 unspecified atom stereocenters. The van der Waals surface area contributed by atoms with E-state index in [2.05, 4.69) is 6.07 Å². The number of nitrogens with zero attached hydrogens (tertiary/aromatic N) is 2. The van der Waals surface area contributed by atoms with Gasteiger partial charge in [0.1, 0.15) is 5.75 Å². The highest BCUT2D eigenvalue weighted by Crippen LogP contribution is 2.21. The molecule has 0 saturated heterocycles. The van der Waals surface area contributed by atoms with Crippen LogP contribution in [0, 0.1) is 20.8 Å². The number of carbonyl (C=O) groups is 1. The molecule has 1 atom stereocenters. The highest BCUT2D eigenvalue weighted by atomic mass is 127. The molecule has 1 N–H and O–H groups in total. The number of phenols is 1. The van der Waals surface area contributed by atoms with E-state index in [1.54, 1.807) is 26.1 Å². The zero-order valence-corrected chi connectivity index (χ0v) is 11.8. The Bertz CT molecular complexity index is 468. The molecule has 0 radical (unpaired) electrons. The Balaban J connectivity index is 2.82. The molecule has 1 aromatic rings. The number of benzene rings is 1. The van der Waals surface area contributed by atoms with Gasteiger partial charge in [0.25, 0.3) is 5.91 Å². The van der Waals surface area contributed by atoms with Crippen LogP contribution in [0.1, 0.15) is 17.3 Å². The summed E-state index contributed by atoms with van der Waals surface area (Å²) >= 11 is 1.99. The number of amides is 1. The average molecular weight is 344 g/mol. The van der Waals surface area contributed by atoms with Crippen LogP contribution < -0.4 is 0 Å². The summed E-state index contributed by atoms with van der Waals surface area (Å²) < 4.78 is 0.701. The molecule has 4 nitrogen and oxygen atoms in total. The van der Waals surface area contributed by atoms with Crippen LogP contribution in [0.15, 0.2) is 18.2 Å². The minimum atomic E-state index is -0.207. The van der Waals surface area contributed by atoms with Gasteiger partial charge in [-0.15, -0.1) is 0 Å². The van der Waals surface area contributed by atoms with E-state index in [0.29, 0.717) is 15.7 Å². The molecule has 1 aromatic carbocycles. The van der Waals surface area contributed by atoms with Crippen LogP contribution in [-0.4, -0.2) is 29.5 Å². The highest BCUT2D eigenvalue weighted by Gasteiger charge is 2.15. The van der Waals surface area contributed by atoms with Crippen LogP contribution in [0.4, 0.5) is 0 Å². The predicted molar refractivity (Wildman–Crippen MR) is 72.6 cm³/mol. The largest absolute Gasteiger partial charge is 0.507 e. The molecule has 1 rings (SSSR count). The van der Waals surface area contributed by atoms with Gasteiger partial charge in [-0.2, -0.15) is 5.26 Å². The zero-order chi connectivity index (χ0) is 13.0. The second-order valence-electron chi connectivity index (χ2n) is 3.88. The quantitative estimate of drug-likeness (QED) is 0.856. The van der Waals surface area contributed by atoms with Gasteiger partial charge in [-0.3, -0.25) is 4.79 Å². The molecule has 0 aromatic heterocycles. The van der Waals surface area contributed by atoms with Crippen molar-refractivity contribution in [3.8, 4) is 11.8 Å². The summed E-state index contributed by atoms with van der Waals surface area (Å²) in [5.41, 5.74) is 0.426. The Morgan fingerprint density at radius 1 is 1.65 bits per heavy atom. The van der Waals surface area contributed by atoms with E-state index in [9.17, 15) is 9.90 Å². The SMILES string of the molecule is CC(C#N)CN(C)C(=O)c1ccc(I)c(O)c1. The Hall–Kier alpha value is -1.29. The summed E-state index contributed by atoms with van der Waals surface area (Å²) in [6.45, 7) is 2.14. The van der Waals surface area contributed by atoms with Crippen LogP contribution in [0.2, 0.25) is 0 Å². The third kappa shape index (κ3) is 3.60. The van der Waals surface area contributed by atoms with E-state index in [1.165, 1.54) is 11.0 Å². The molecule has 1 amide bonds. The molecule has 0 aliphatic carbocycles. The van der Waals surface area contributed by atoms with Crippen LogP contribution in [0.3, 0.4) is 0 Å². The summed E-state index contributed by atoms with van der Waals surface area (Å²) in [5.74, 6) is -0.307. The maximum absolute atomic E-state index is 12.0. The van der Waals surface area contributed by atoms with Crippen molar-refractivity contribution in [1.29, 1.82) is 5.26 Å². The van der Waals surface area contributed by atoms with Crippen molar-refractivity contribution in [2.75, 3.05) is 13.6 Å². The summed E-state index contributed by atoms with van der Waals surface area (Å²) in [5, 5.41) is 18.2. The Morgan fingerprint density at radius 2 is 2.29 bits per heavy atom. The predicted octanol–water partition coefficient (Wildman–Crippen LogP) is 2.23. The van der Waals surface area contributed by atoms with E-state index in [4.69, 9.17) is 5.26 Å². The molecular formula is C12H13IN2O2. The number of aromatic hydroxyl groups is 1. The van der Waals surface area contributed by atoms with Gasteiger partial charge in [0.15, 0.2) is 0 Å². The maximum Gasteiger partial charge on any atom is 0.253 e. The molecule has 0 heterocycles. The topological polar surface area (TPSA) is 64.3 Å². The van der Waals surface area contributed by atoms with Crippen LogP contribution >= 0.6 is 22.6 Å². The van der Waals surface area contributed by atoms with E-state index < -0.39 is 0 Å². The highest BCUT2D eigenvalue weighted by molar-refractivity contribution is 14.1. The van der Waals surface area contributed by atoms with Crippen molar-refractivity contribution >= 4 is 28.5 Å². The fourth-order valence-electron chi connectivity index (χ4n) is 1.40. The monoisotopic (exact) mass is 344 g/mol. The van der Waals surface area contributed by atoms with Gasteiger partial charge in [-0.25, -0.2) is 0 Å². The van der Waals surface area contributed by atoms with Crippen molar-refractivity contribution in [3.63, 3.8) is 0 Å². The number of nitriles is 1.